The van der Waals surface area contributed by atoms with Crippen LogP contribution in [0.5, 0.6) is 0 Å². The highest BCUT2D eigenvalue weighted by molar-refractivity contribution is 7.09. The molecule has 0 aliphatic heterocycles. The Morgan fingerprint density at radius 3 is 2.90 bits per heavy atom. The van der Waals surface area contributed by atoms with E-state index in [4.69, 9.17) is 4.74 Å². The minimum Gasteiger partial charge on any atom is -0.378 e. The van der Waals surface area contributed by atoms with Crippen LogP contribution in [-0.4, -0.2) is 23.7 Å². The fourth-order valence-electron chi connectivity index (χ4n) is 4.12. The molecule has 2 aliphatic rings. The second-order valence-corrected chi connectivity index (χ2v) is 7.21. The highest BCUT2D eigenvalue weighted by Crippen LogP contribution is 2.53. The summed E-state index contributed by atoms with van der Waals surface area (Å²) >= 11 is 1.75. The molecule has 20 heavy (non-hydrogen) atoms. The van der Waals surface area contributed by atoms with Gasteiger partial charge in [0.1, 0.15) is 5.01 Å². The first-order valence-electron chi connectivity index (χ1n) is 8.03. The van der Waals surface area contributed by atoms with Crippen LogP contribution >= 0.6 is 11.3 Å². The van der Waals surface area contributed by atoms with Crippen molar-refractivity contribution in [3.63, 3.8) is 0 Å². The second kappa shape index (κ2) is 6.12. The predicted octanol–water partition coefficient (Wildman–Crippen LogP) is 3.92. The molecule has 112 valence electrons. The van der Waals surface area contributed by atoms with Crippen molar-refractivity contribution in [1.29, 1.82) is 0 Å². The normalized spacial score (nSPS) is 30.1. The van der Waals surface area contributed by atoms with Gasteiger partial charge < -0.3 is 10.1 Å². The fourth-order valence-corrected chi connectivity index (χ4v) is 4.77. The average molecular weight is 294 g/mol. The first kappa shape index (κ1) is 14.5. The van der Waals surface area contributed by atoms with Gasteiger partial charge in [0, 0.05) is 29.6 Å². The summed E-state index contributed by atoms with van der Waals surface area (Å²) < 4.78 is 6.02. The summed E-state index contributed by atoms with van der Waals surface area (Å²) in [4.78, 5) is 4.44. The zero-order valence-electron chi connectivity index (χ0n) is 12.6. The summed E-state index contributed by atoms with van der Waals surface area (Å²) in [6.07, 6.45) is 10.4. The molecule has 1 aromatic heterocycles. The summed E-state index contributed by atoms with van der Waals surface area (Å²) in [5, 5.41) is 7.10. The van der Waals surface area contributed by atoms with E-state index in [-0.39, 0.29) is 0 Å². The lowest BCUT2D eigenvalue weighted by Crippen LogP contribution is -2.64. The number of nitrogens with one attached hydrogen (secondary N) is 1. The molecule has 1 spiro atoms. The molecule has 2 fully saturated rings. The van der Waals surface area contributed by atoms with E-state index in [2.05, 4.69) is 29.5 Å². The van der Waals surface area contributed by atoms with Crippen molar-refractivity contribution in [2.24, 2.45) is 5.41 Å². The highest BCUT2D eigenvalue weighted by Gasteiger charge is 2.55. The topological polar surface area (TPSA) is 34.1 Å². The molecule has 2 saturated carbocycles. The van der Waals surface area contributed by atoms with Crippen molar-refractivity contribution < 1.29 is 4.74 Å². The van der Waals surface area contributed by atoms with Crippen LogP contribution in [0, 0.1) is 5.41 Å². The minimum atomic E-state index is 0.362. The average Bonchev–Trinajstić information content (AvgIpc) is 3.01. The first-order chi connectivity index (χ1) is 9.76. The Labute approximate surface area is 126 Å². The lowest BCUT2D eigenvalue weighted by molar-refractivity contribution is -0.152. The zero-order chi connectivity index (χ0) is 14.0. The van der Waals surface area contributed by atoms with E-state index in [0.29, 0.717) is 23.6 Å². The van der Waals surface area contributed by atoms with Crippen molar-refractivity contribution in [2.75, 3.05) is 6.61 Å². The van der Waals surface area contributed by atoms with E-state index in [1.165, 1.54) is 43.5 Å². The third-order valence-corrected chi connectivity index (χ3v) is 6.17. The molecule has 0 amide bonds. The summed E-state index contributed by atoms with van der Waals surface area (Å²) in [7, 11) is 0. The van der Waals surface area contributed by atoms with Gasteiger partial charge in [0.2, 0.25) is 0 Å². The quantitative estimate of drug-likeness (QED) is 0.893. The van der Waals surface area contributed by atoms with Crippen LogP contribution in [0.1, 0.15) is 63.4 Å². The second-order valence-electron chi connectivity index (χ2n) is 6.28. The van der Waals surface area contributed by atoms with Crippen LogP contribution in [0.4, 0.5) is 0 Å². The molecule has 2 aliphatic carbocycles. The van der Waals surface area contributed by atoms with Crippen LogP contribution in [0.15, 0.2) is 11.6 Å². The molecule has 3 unspecified atom stereocenters. The van der Waals surface area contributed by atoms with Gasteiger partial charge in [0.25, 0.3) is 0 Å². The van der Waals surface area contributed by atoms with Crippen molar-refractivity contribution in [3.05, 3.63) is 16.6 Å². The van der Waals surface area contributed by atoms with Crippen LogP contribution in [0.3, 0.4) is 0 Å². The summed E-state index contributed by atoms with van der Waals surface area (Å²) in [5.41, 5.74) is 0.403. The third-order valence-electron chi connectivity index (χ3n) is 5.21. The largest absolute Gasteiger partial charge is 0.378 e. The molecule has 1 aromatic rings. The van der Waals surface area contributed by atoms with E-state index < -0.39 is 0 Å². The molecule has 3 nitrogen and oxygen atoms in total. The van der Waals surface area contributed by atoms with E-state index in [9.17, 15) is 0 Å². The standard InChI is InChI=1S/C16H26N2OS/c1-3-19-14-11-13(16(14)7-5-4-6-8-16)18-12(2)15-17-9-10-20-15/h9-10,12-14,18H,3-8,11H2,1-2H3. The van der Waals surface area contributed by atoms with Gasteiger partial charge in [-0.2, -0.15) is 0 Å². The van der Waals surface area contributed by atoms with E-state index >= 15 is 0 Å². The molecular formula is C16H26N2OS. The molecule has 0 saturated heterocycles. The predicted molar refractivity (Wildman–Crippen MR) is 83.0 cm³/mol. The highest BCUT2D eigenvalue weighted by atomic mass is 32.1. The Hall–Kier alpha value is -0.450. The maximum absolute atomic E-state index is 6.02. The number of hydrogen-bond acceptors (Lipinski definition) is 4. The van der Waals surface area contributed by atoms with Gasteiger partial charge in [0.05, 0.1) is 12.1 Å². The first-order valence-corrected chi connectivity index (χ1v) is 8.91. The van der Waals surface area contributed by atoms with Crippen LogP contribution in [0.2, 0.25) is 0 Å². The SMILES string of the molecule is CCOC1CC(NC(C)c2nccs2)C12CCCCC2. The third kappa shape index (κ3) is 2.53. The number of hydrogen-bond donors (Lipinski definition) is 1. The van der Waals surface area contributed by atoms with Gasteiger partial charge in [-0.05, 0) is 33.1 Å². The van der Waals surface area contributed by atoms with Gasteiger partial charge in [-0.1, -0.05) is 19.3 Å². The Morgan fingerprint density at radius 1 is 1.45 bits per heavy atom. The monoisotopic (exact) mass is 294 g/mol. The number of thiazole rings is 1. The van der Waals surface area contributed by atoms with Crippen LogP contribution < -0.4 is 5.32 Å². The van der Waals surface area contributed by atoms with Crippen LogP contribution in [-0.2, 0) is 4.74 Å². The van der Waals surface area contributed by atoms with Crippen molar-refractivity contribution in [3.8, 4) is 0 Å². The Kier molecular flexibility index (Phi) is 4.43. The Bertz CT molecular complexity index is 414. The summed E-state index contributed by atoms with van der Waals surface area (Å²) in [6.45, 7) is 5.21. The maximum atomic E-state index is 6.02. The molecule has 0 aromatic carbocycles. The van der Waals surface area contributed by atoms with Crippen LogP contribution in [0.25, 0.3) is 0 Å². The minimum absolute atomic E-state index is 0.362. The molecule has 3 rings (SSSR count). The maximum Gasteiger partial charge on any atom is 0.109 e. The summed E-state index contributed by atoms with van der Waals surface area (Å²) in [5.74, 6) is 0. The van der Waals surface area contributed by atoms with Gasteiger partial charge >= 0.3 is 0 Å². The van der Waals surface area contributed by atoms with Crippen molar-refractivity contribution in [1.82, 2.24) is 10.3 Å². The molecular weight excluding hydrogens is 268 g/mol. The number of nitrogens with zero attached hydrogens (tertiary/aromatic N) is 1. The molecule has 0 bridgehead atoms. The lowest BCUT2D eigenvalue weighted by Gasteiger charge is -2.58. The molecule has 1 heterocycles. The van der Waals surface area contributed by atoms with E-state index in [1.54, 1.807) is 11.3 Å². The van der Waals surface area contributed by atoms with Crippen molar-refractivity contribution >= 4 is 11.3 Å². The van der Waals surface area contributed by atoms with Crippen molar-refractivity contribution in [2.45, 2.75) is 70.6 Å². The lowest BCUT2D eigenvalue weighted by atomic mass is 9.55. The smallest absolute Gasteiger partial charge is 0.109 e. The molecule has 0 radical (unpaired) electrons. The van der Waals surface area contributed by atoms with E-state index in [1.807, 2.05) is 6.20 Å². The van der Waals surface area contributed by atoms with Gasteiger partial charge in [-0.25, -0.2) is 4.98 Å². The van der Waals surface area contributed by atoms with Gasteiger partial charge in [0.15, 0.2) is 0 Å². The van der Waals surface area contributed by atoms with Gasteiger partial charge in [-0.3, -0.25) is 0 Å². The number of rotatable bonds is 5. The number of aromatic nitrogens is 1. The number of ether oxygens (including phenoxy) is 1. The van der Waals surface area contributed by atoms with E-state index in [0.717, 1.165) is 6.61 Å². The zero-order valence-corrected chi connectivity index (χ0v) is 13.4. The van der Waals surface area contributed by atoms with Gasteiger partial charge in [-0.15, -0.1) is 11.3 Å². The molecule has 3 atom stereocenters. The summed E-state index contributed by atoms with van der Waals surface area (Å²) in [6, 6.07) is 0.972. The molecule has 1 N–H and O–H groups in total. The fraction of sp³-hybridized carbons (Fsp3) is 0.812. The Balaban J connectivity index is 1.67. The molecule has 4 heteroatoms. The Morgan fingerprint density at radius 2 is 2.25 bits per heavy atom.